The van der Waals surface area contributed by atoms with Crippen LogP contribution in [0.5, 0.6) is 5.75 Å². The van der Waals surface area contributed by atoms with Gasteiger partial charge in [-0.05, 0) is 63.7 Å². The minimum atomic E-state index is -0.0125. The van der Waals surface area contributed by atoms with Crippen LogP contribution < -0.4 is 15.0 Å². The summed E-state index contributed by atoms with van der Waals surface area (Å²) >= 11 is 9.68. The van der Waals surface area contributed by atoms with Gasteiger partial charge in [0.25, 0.3) is 0 Å². The van der Waals surface area contributed by atoms with Gasteiger partial charge in [0.05, 0.1) is 11.1 Å². The quantitative estimate of drug-likeness (QED) is 0.509. The van der Waals surface area contributed by atoms with Crippen molar-refractivity contribution in [3.8, 4) is 5.75 Å². The molecule has 1 aliphatic heterocycles. The number of benzene rings is 2. The average molecular weight is 509 g/mol. The van der Waals surface area contributed by atoms with Crippen LogP contribution in [-0.2, 0) is 5.41 Å². The zero-order valence-corrected chi connectivity index (χ0v) is 20.8. The Balaban J connectivity index is 1.36. The summed E-state index contributed by atoms with van der Waals surface area (Å²) in [7, 11) is 0. The molecule has 1 N–H and O–H groups in total. The first-order valence-electron chi connectivity index (χ1n) is 10.7. The van der Waals surface area contributed by atoms with Crippen LogP contribution in [0, 0.1) is 0 Å². The largest absolute Gasteiger partial charge is 0.492 e. The number of hydrogen-bond donors (Lipinski definition) is 1. The Morgan fingerprint density at radius 3 is 2.52 bits per heavy atom. The van der Waals surface area contributed by atoms with E-state index < -0.39 is 0 Å². The molecular formula is C24H31BrClN3O2. The number of ether oxygens (including phenoxy) is 1. The Kier molecular flexibility index (Phi) is 8.11. The van der Waals surface area contributed by atoms with Gasteiger partial charge in [-0.2, -0.15) is 0 Å². The second-order valence-electron chi connectivity index (χ2n) is 8.78. The van der Waals surface area contributed by atoms with Crippen molar-refractivity contribution in [1.29, 1.82) is 0 Å². The fourth-order valence-corrected chi connectivity index (χ4v) is 4.16. The van der Waals surface area contributed by atoms with Crippen LogP contribution in [0.15, 0.2) is 46.9 Å². The number of hydrogen-bond acceptors (Lipinski definition) is 3. The molecule has 5 nitrogen and oxygen atoms in total. The highest BCUT2D eigenvalue weighted by Crippen LogP contribution is 2.31. The fraction of sp³-hybridized carbons (Fsp3) is 0.458. The van der Waals surface area contributed by atoms with E-state index in [9.17, 15) is 4.79 Å². The van der Waals surface area contributed by atoms with Crippen LogP contribution in [0.3, 0.4) is 0 Å². The topological polar surface area (TPSA) is 44.8 Å². The van der Waals surface area contributed by atoms with E-state index in [1.165, 1.54) is 5.56 Å². The van der Waals surface area contributed by atoms with Crippen LogP contribution in [0.2, 0.25) is 5.02 Å². The molecule has 168 valence electrons. The van der Waals surface area contributed by atoms with Crippen molar-refractivity contribution >= 4 is 39.2 Å². The molecule has 2 aromatic rings. The lowest BCUT2D eigenvalue weighted by molar-refractivity contribution is 0.193. The molecule has 7 heteroatoms. The first-order valence-corrected chi connectivity index (χ1v) is 11.9. The molecule has 2 amide bonds. The van der Waals surface area contributed by atoms with Crippen molar-refractivity contribution in [2.45, 2.75) is 32.6 Å². The van der Waals surface area contributed by atoms with Gasteiger partial charge in [-0.3, -0.25) is 0 Å². The summed E-state index contributed by atoms with van der Waals surface area (Å²) in [5, 5.41) is 3.74. The Morgan fingerprint density at radius 1 is 1.13 bits per heavy atom. The minimum absolute atomic E-state index is 0.0125. The van der Waals surface area contributed by atoms with E-state index >= 15 is 0 Å². The summed E-state index contributed by atoms with van der Waals surface area (Å²) in [6.07, 6.45) is 0.752. The Labute approximate surface area is 198 Å². The van der Waals surface area contributed by atoms with Crippen LogP contribution in [0.25, 0.3) is 0 Å². The first-order chi connectivity index (χ1) is 14.7. The number of halogens is 2. The fourth-order valence-electron chi connectivity index (χ4n) is 3.49. The van der Waals surface area contributed by atoms with E-state index in [1.54, 1.807) is 0 Å². The third kappa shape index (κ3) is 6.78. The molecule has 1 saturated heterocycles. The number of nitrogens with one attached hydrogen (secondary N) is 1. The minimum Gasteiger partial charge on any atom is -0.492 e. The molecule has 0 atom stereocenters. The lowest BCUT2D eigenvalue weighted by atomic mass is 9.87. The summed E-state index contributed by atoms with van der Waals surface area (Å²) in [5.74, 6) is 0.830. The molecule has 3 rings (SSSR count). The molecule has 0 radical (unpaired) electrons. The number of anilines is 1. The lowest BCUT2D eigenvalue weighted by Crippen LogP contribution is -2.52. The molecule has 2 aromatic carbocycles. The monoisotopic (exact) mass is 507 g/mol. The molecule has 31 heavy (non-hydrogen) atoms. The third-order valence-electron chi connectivity index (χ3n) is 5.39. The van der Waals surface area contributed by atoms with Crippen LogP contribution in [0.1, 0.15) is 32.8 Å². The maximum Gasteiger partial charge on any atom is 0.317 e. The second-order valence-corrected chi connectivity index (χ2v) is 10.1. The predicted molar refractivity (Wildman–Crippen MR) is 132 cm³/mol. The van der Waals surface area contributed by atoms with E-state index in [-0.39, 0.29) is 11.4 Å². The number of nitrogens with zero attached hydrogens (tertiary/aromatic N) is 2. The van der Waals surface area contributed by atoms with Crippen LogP contribution in [0.4, 0.5) is 10.5 Å². The summed E-state index contributed by atoms with van der Waals surface area (Å²) in [4.78, 5) is 16.6. The molecule has 0 saturated carbocycles. The van der Waals surface area contributed by atoms with E-state index in [4.69, 9.17) is 16.3 Å². The van der Waals surface area contributed by atoms with Crippen molar-refractivity contribution in [3.63, 3.8) is 0 Å². The maximum atomic E-state index is 12.4. The second kappa shape index (κ2) is 10.6. The highest BCUT2D eigenvalue weighted by Gasteiger charge is 2.21. The van der Waals surface area contributed by atoms with Gasteiger partial charge in [0.1, 0.15) is 5.75 Å². The van der Waals surface area contributed by atoms with Gasteiger partial charge < -0.3 is 19.9 Å². The third-order valence-corrected chi connectivity index (χ3v) is 6.25. The molecule has 0 bridgehead atoms. The number of piperazine rings is 1. The van der Waals surface area contributed by atoms with Crippen molar-refractivity contribution in [3.05, 3.63) is 57.5 Å². The number of amides is 2. The standard InChI is InChI=1S/C24H31BrClN3O2/c1-24(2,3)18-8-9-22(21(25)16-18)31-15-5-10-27-23(30)29-13-11-28(12-14-29)20-7-4-6-19(26)17-20/h4,6-9,16-17H,5,10-15H2,1-3H3,(H,27,30). The van der Waals surface area contributed by atoms with E-state index in [1.807, 2.05) is 29.2 Å². The van der Waals surface area contributed by atoms with Gasteiger partial charge in [-0.1, -0.05) is 44.5 Å². The maximum absolute atomic E-state index is 12.4. The van der Waals surface area contributed by atoms with E-state index in [0.717, 1.165) is 40.4 Å². The summed E-state index contributed by atoms with van der Waals surface area (Å²) < 4.78 is 6.83. The highest BCUT2D eigenvalue weighted by atomic mass is 79.9. The van der Waals surface area contributed by atoms with Crippen LogP contribution in [-0.4, -0.2) is 50.3 Å². The molecule has 0 unspecified atom stereocenters. The summed E-state index contributed by atoms with van der Waals surface area (Å²) in [6, 6.07) is 14.0. The van der Waals surface area contributed by atoms with Crippen molar-refractivity contribution in [1.82, 2.24) is 10.2 Å². The molecule has 1 aliphatic rings. The van der Waals surface area contributed by atoms with Crippen LogP contribution >= 0.6 is 27.5 Å². The number of carbonyl (C=O) groups is 1. The zero-order chi connectivity index (χ0) is 22.4. The zero-order valence-electron chi connectivity index (χ0n) is 18.5. The lowest BCUT2D eigenvalue weighted by Gasteiger charge is -2.36. The van der Waals surface area contributed by atoms with Gasteiger partial charge in [0.2, 0.25) is 0 Å². The highest BCUT2D eigenvalue weighted by molar-refractivity contribution is 9.10. The molecule has 0 aliphatic carbocycles. The smallest absolute Gasteiger partial charge is 0.317 e. The van der Waals surface area contributed by atoms with Crippen molar-refractivity contribution in [2.24, 2.45) is 0 Å². The van der Waals surface area contributed by atoms with Gasteiger partial charge in [-0.25, -0.2) is 4.79 Å². The molecule has 1 heterocycles. The molecule has 1 fully saturated rings. The number of urea groups is 1. The van der Waals surface area contributed by atoms with Crippen molar-refractivity contribution in [2.75, 3.05) is 44.2 Å². The van der Waals surface area contributed by atoms with Gasteiger partial charge in [-0.15, -0.1) is 0 Å². The van der Waals surface area contributed by atoms with Gasteiger partial charge >= 0.3 is 6.03 Å². The summed E-state index contributed by atoms with van der Waals surface area (Å²) in [6.45, 7) is 10.7. The predicted octanol–water partition coefficient (Wildman–Crippen LogP) is 5.70. The Hall–Kier alpha value is -1.92. The SMILES string of the molecule is CC(C)(C)c1ccc(OCCCNC(=O)N2CCN(c3cccc(Cl)c3)CC2)c(Br)c1. The average Bonchev–Trinajstić information content (AvgIpc) is 2.73. The summed E-state index contributed by atoms with van der Waals surface area (Å²) in [5.41, 5.74) is 2.46. The van der Waals surface area contributed by atoms with Gasteiger partial charge in [0, 0.05) is 43.4 Å². The van der Waals surface area contributed by atoms with Gasteiger partial charge in [0.15, 0.2) is 0 Å². The molecule has 0 spiro atoms. The Bertz CT molecular complexity index is 893. The van der Waals surface area contributed by atoms with E-state index in [0.29, 0.717) is 26.2 Å². The first kappa shape index (κ1) is 23.7. The molecule has 0 aromatic heterocycles. The van der Waals surface area contributed by atoms with E-state index in [2.05, 4.69) is 65.1 Å². The van der Waals surface area contributed by atoms with Crippen molar-refractivity contribution < 1.29 is 9.53 Å². The number of carbonyl (C=O) groups excluding carboxylic acids is 1. The normalized spacial score (nSPS) is 14.5. The Morgan fingerprint density at radius 2 is 1.87 bits per heavy atom. The molecular weight excluding hydrogens is 478 g/mol. The number of rotatable bonds is 6.